The summed E-state index contributed by atoms with van der Waals surface area (Å²) in [6, 6.07) is 11.5. The minimum absolute atomic E-state index is 0.120. The number of furan rings is 1. The first-order valence-electron chi connectivity index (χ1n) is 6.91. The smallest absolute Gasteiger partial charge is 0.226 e. The Bertz CT molecular complexity index is 803. The molecule has 0 saturated carbocycles. The van der Waals surface area contributed by atoms with Crippen molar-refractivity contribution in [3.8, 4) is 5.75 Å². The highest BCUT2D eigenvalue weighted by atomic mass is 16.5. The number of nitrogens with zero attached hydrogens (tertiary/aromatic N) is 3. The monoisotopic (exact) mass is 294 g/mol. The molecule has 1 aliphatic heterocycles. The SMILES string of the molecule is COc1ccc(C2=C[C@H](c3ccco3)n3ncnc3N2)cc1. The number of ether oxygens (including phenoxy) is 1. The van der Waals surface area contributed by atoms with Crippen molar-refractivity contribution < 1.29 is 9.15 Å². The van der Waals surface area contributed by atoms with Crippen molar-refractivity contribution in [2.24, 2.45) is 0 Å². The van der Waals surface area contributed by atoms with Crippen LogP contribution >= 0.6 is 0 Å². The Balaban J connectivity index is 1.76. The molecule has 0 amide bonds. The average Bonchev–Trinajstić information content (AvgIpc) is 3.25. The van der Waals surface area contributed by atoms with Crippen LogP contribution < -0.4 is 10.1 Å². The Hall–Kier alpha value is -3.02. The van der Waals surface area contributed by atoms with Gasteiger partial charge in [0.25, 0.3) is 0 Å². The fourth-order valence-corrected chi connectivity index (χ4v) is 2.53. The molecule has 110 valence electrons. The van der Waals surface area contributed by atoms with E-state index in [0.29, 0.717) is 5.95 Å². The van der Waals surface area contributed by atoms with Crippen LogP contribution in [0.1, 0.15) is 17.4 Å². The molecule has 1 aliphatic rings. The van der Waals surface area contributed by atoms with E-state index in [1.54, 1.807) is 18.1 Å². The third-order valence-electron chi connectivity index (χ3n) is 3.64. The second kappa shape index (κ2) is 5.07. The van der Waals surface area contributed by atoms with Gasteiger partial charge in [0.1, 0.15) is 23.9 Å². The summed E-state index contributed by atoms with van der Waals surface area (Å²) >= 11 is 0. The highest BCUT2D eigenvalue weighted by molar-refractivity contribution is 5.77. The van der Waals surface area contributed by atoms with Crippen molar-refractivity contribution in [3.63, 3.8) is 0 Å². The average molecular weight is 294 g/mol. The lowest BCUT2D eigenvalue weighted by molar-refractivity contribution is 0.415. The second-order valence-corrected chi connectivity index (χ2v) is 4.92. The molecule has 2 aromatic heterocycles. The number of rotatable bonds is 3. The van der Waals surface area contributed by atoms with Gasteiger partial charge in [0.05, 0.1) is 13.4 Å². The van der Waals surface area contributed by atoms with Gasteiger partial charge in [0.2, 0.25) is 5.95 Å². The van der Waals surface area contributed by atoms with E-state index >= 15 is 0 Å². The molecule has 0 radical (unpaired) electrons. The van der Waals surface area contributed by atoms with E-state index in [2.05, 4.69) is 21.5 Å². The number of fused-ring (bicyclic) bond motifs is 1. The molecule has 0 bridgehead atoms. The van der Waals surface area contributed by atoms with E-state index in [1.165, 1.54) is 6.33 Å². The predicted octanol–water partition coefficient (Wildman–Crippen LogP) is 2.94. The van der Waals surface area contributed by atoms with Gasteiger partial charge in [-0.25, -0.2) is 4.68 Å². The molecular weight excluding hydrogens is 280 g/mol. The van der Waals surface area contributed by atoms with Crippen LogP contribution in [0.4, 0.5) is 5.95 Å². The fraction of sp³-hybridized carbons (Fsp3) is 0.125. The summed E-state index contributed by atoms with van der Waals surface area (Å²) in [5.74, 6) is 2.33. The van der Waals surface area contributed by atoms with Gasteiger partial charge in [0, 0.05) is 5.70 Å². The topological polar surface area (TPSA) is 65.1 Å². The van der Waals surface area contributed by atoms with Gasteiger partial charge < -0.3 is 14.5 Å². The predicted molar refractivity (Wildman–Crippen MR) is 81.5 cm³/mol. The Morgan fingerprint density at radius 2 is 2.09 bits per heavy atom. The lowest BCUT2D eigenvalue weighted by atomic mass is 10.1. The van der Waals surface area contributed by atoms with Gasteiger partial charge in [0.15, 0.2) is 0 Å². The Morgan fingerprint density at radius 3 is 2.82 bits per heavy atom. The number of anilines is 1. The first-order chi connectivity index (χ1) is 10.8. The maximum Gasteiger partial charge on any atom is 0.226 e. The molecule has 1 atom stereocenters. The summed E-state index contributed by atoms with van der Waals surface area (Å²) < 4.78 is 12.5. The van der Waals surface area contributed by atoms with Crippen LogP contribution in [0.25, 0.3) is 5.70 Å². The maximum absolute atomic E-state index is 5.54. The van der Waals surface area contributed by atoms with Crippen LogP contribution in [0.15, 0.2) is 59.5 Å². The van der Waals surface area contributed by atoms with Crippen molar-refractivity contribution in [3.05, 3.63) is 66.4 Å². The van der Waals surface area contributed by atoms with Crippen LogP contribution in [-0.2, 0) is 0 Å². The zero-order valence-corrected chi connectivity index (χ0v) is 11.9. The highest BCUT2D eigenvalue weighted by Crippen LogP contribution is 2.32. The molecule has 22 heavy (non-hydrogen) atoms. The van der Waals surface area contributed by atoms with Gasteiger partial charge >= 0.3 is 0 Å². The summed E-state index contributed by atoms with van der Waals surface area (Å²) in [5, 5.41) is 7.56. The summed E-state index contributed by atoms with van der Waals surface area (Å²) in [5.41, 5.74) is 2.01. The quantitative estimate of drug-likeness (QED) is 0.804. The van der Waals surface area contributed by atoms with Gasteiger partial charge in [-0.3, -0.25) is 0 Å². The van der Waals surface area contributed by atoms with E-state index < -0.39 is 0 Å². The molecule has 1 N–H and O–H groups in total. The summed E-state index contributed by atoms with van der Waals surface area (Å²) in [7, 11) is 1.66. The van der Waals surface area contributed by atoms with Gasteiger partial charge in [-0.05, 0) is 48.0 Å². The van der Waals surface area contributed by atoms with Gasteiger partial charge in [-0.2, -0.15) is 10.1 Å². The molecule has 6 heteroatoms. The van der Waals surface area contributed by atoms with Gasteiger partial charge in [-0.15, -0.1) is 0 Å². The molecule has 4 rings (SSSR count). The molecule has 0 spiro atoms. The largest absolute Gasteiger partial charge is 0.497 e. The zero-order valence-electron chi connectivity index (χ0n) is 11.9. The van der Waals surface area contributed by atoms with Crippen LogP contribution in [0.3, 0.4) is 0 Å². The number of hydrogen-bond acceptors (Lipinski definition) is 5. The summed E-state index contributed by atoms with van der Waals surface area (Å²) in [6.07, 6.45) is 5.26. The third-order valence-corrected chi connectivity index (χ3v) is 3.64. The van der Waals surface area contributed by atoms with Crippen LogP contribution in [0, 0.1) is 0 Å². The molecular formula is C16H14N4O2. The molecule has 3 aromatic rings. The first-order valence-corrected chi connectivity index (χ1v) is 6.91. The van der Waals surface area contributed by atoms with Crippen LogP contribution in [0.5, 0.6) is 5.75 Å². The van der Waals surface area contributed by atoms with Crippen molar-refractivity contribution >= 4 is 11.6 Å². The minimum atomic E-state index is -0.120. The number of methoxy groups -OCH3 is 1. The summed E-state index contributed by atoms with van der Waals surface area (Å²) in [6.45, 7) is 0. The maximum atomic E-state index is 5.54. The minimum Gasteiger partial charge on any atom is -0.497 e. The van der Waals surface area contributed by atoms with Crippen LogP contribution in [0.2, 0.25) is 0 Å². The van der Waals surface area contributed by atoms with E-state index in [1.807, 2.05) is 36.4 Å². The van der Waals surface area contributed by atoms with Gasteiger partial charge in [-0.1, -0.05) is 0 Å². The molecule has 0 saturated heterocycles. The van der Waals surface area contributed by atoms with E-state index in [9.17, 15) is 0 Å². The van der Waals surface area contributed by atoms with E-state index in [4.69, 9.17) is 9.15 Å². The number of allylic oxidation sites excluding steroid dienone is 1. The van der Waals surface area contributed by atoms with Crippen molar-refractivity contribution in [2.45, 2.75) is 6.04 Å². The molecule has 0 fully saturated rings. The Kier molecular flexibility index (Phi) is 2.93. The highest BCUT2D eigenvalue weighted by Gasteiger charge is 2.25. The fourth-order valence-electron chi connectivity index (χ4n) is 2.53. The Labute approximate surface area is 127 Å². The third kappa shape index (κ3) is 2.05. The van der Waals surface area contributed by atoms with Crippen molar-refractivity contribution in [2.75, 3.05) is 12.4 Å². The van der Waals surface area contributed by atoms with E-state index in [-0.39, 0.29) is 6.04 Å². The molecule has 1 aromatic carbocycles. The number of benzene rings is 1. The van der Waals surface area contributed by atoms with E-state index in [0.717, 1.165) is 22.8 Å². The number of nitrogens with one attached hydrogen (secondary N) is 1. The normalized spacial score (nSPS) is 16.6. The summed E-state index contributed by atoms with van der Waals surface area (Å²) in [4.78, 5) is 4.26. The lowest BCUT2D eigenvalue weighted by Gasteiger charge is -2.22. The second-order valence-electron chi connectivity index (χ2n) is 4.92. The molecule has 0 aliphatic carbocycles. The Morgan fingerprint density at radius 1 is 1.23 bits per heavy atom. The number of aromatic nitrogens is 3. The van der Waals surface area contributed by atoms with Crippen molar-refractivity contribution in [1.82, 2.24) is 14.8 Å². The first kappa shape index (κ1) is 12.7. The van der Waals surface area contributed by atoms with Crippen LogP contribution in [-0.4, -0.2) is 21.9 Å². The number of hydrogen-bond donors (Lipinski definition) is 1. The zero-order chi connectivity index (χ0) is 14.9. The lowest BCUT2D eigenvalue weighted by Crippen LogP contribution is -2.19. The van der Waals surface area contributed by atoms with Crippen molar-refractivity contribution in [1.29, 1.82) is 0 Å². The standard InChI is InChI=1S/C16H14N4O2/c1-21-12-6-4-11(5-7-12)13-9-14(15-3-2-8-22-15)20-16(19-13)17-10-18-20/h2-10,14H,1H3,(H,17,18,19)/t14-/m1/s1. The molecule has 6 nitrogen and oxygen atoms in total. The molecule has 0 unspecified atom stereocenters. The molecule has 3 heterocycles.